The summed E-state index contributed by atoms with van der Waals surface area (Å²) >= 11 is 0. The molecular formula is C16H17F2NO2. The van der Waals surface area contributed by atoms with E-state index in [1.165, 1.54) is 12.1 Å². The van der Waals surface area contributed by atoms with Crippen LogP contribution in [0.5, 0.6) is 5.75 Å². The van der Waals surface area contributed by atoms with Crippen molar-refractivity contribution in [3.63, 3.8) is 0 Å². The summed E-state index contributed by atoms with van der Waals surface area (Å²) in [5.74, 6) is -0.406. The van der Waals surface area contributed by atoms with Gasteiger partial charge in [-0.05, 0) is 42.0 Å². The SMILES string of the molecule is COCCOc1ccc(NCc2cc(F)cc(F)c2)cc1. The van der Waals surface area contributed by atoms with Crippen LogP contribution in [0.25, 0.3) is 0 Å². The van der Waals surface area contributed by atoms with E-state index in [0.717, 1.165) is 17.5 Å². The van der Waals surface area contributed by atoms with Gasteiger partial charge in [-0.15, -0.1) is 0 Å². The third-order valence-corrected chi connectivity index (χ3v) is 2.83. The zero-order chi connectivity index (χ0) is 15.1. The molecule has 2 aromatic carbocycles. The second-order valence-corrected chi connectivity index (χ2v) is 4.50. The fourth-order valence-electron chi connectivity index (χ4n) is 1.83. The van der Waals surface area contributed by atoms with E-state index in [1.807, 2.05) is 24.3 Å². The molecular weight excluding hydrogens is 276 g/mol. The molecule has 3 nitrogen and oxygen atoms in total. The van der Waals surface area contributed by atoms with E-state index in [-0.39, 0.29) is 0 Å². The number of rotatable bonds is 7. The fraction of sp³-hybridized carbons (Fsp3) is 0.250. The smallest absolute Gasteiger partial charge is 0.126 e. The van der Waals surface area contributed by atoms with E-state index in [2.05, 4.69) is 5.32 Å². The second kappa shape index (κ2) is 7.59. The lowest BCUT2D eigenvalue weighted by molar-refractivity contribution is 0.146. The van der Waals surface area contributed by atoms with Crippen molar-refractivity contribution in [3.8, 4) is 5.75 Å². The van der Waals surface area contributed by atoms with Crippen molar-refractivity contribution in [1.82, 2.24) is 0 Å². The van der Waals surface area contributed by atoms with Gasteiger partial charge in [-0.1, -0.05) is 0 Å². The van der Waals surface area contributed by atoms with E-state index in [9.17, 15) is 8.78 Å². The minimum absolute atomic E-state index is 0.346. The summed E-state index contributed by atoms with van der Waals surface area (Å²) < 4.78 is 36.5. The van der Waals surface area contributed by atoms with E-state index < -0.39 is 11.6 Å². The van der Waals surface area contributed by atoms with Crippen molar-refractivity contribution in [2.24, 2.45) is 0 Å². The Hall–Kier alpha value is -2.14. The molecule has 0 unspecified atom stereocenters. The fourth-order valence-corrected chi connectivity index (χ4v) is 1.83. The number of ether oxygens (including phenoxy) is 2. The molecule has 0 aromatic heterocycles. The molecule has 0 fully saturated rings. The highest BCUT2D eigenvalue weighted by molar-refractivity contribution is 5.46. The molecule has 0 saturated heterocycles. The number of halogens is 2. The number of hydrogen-bond donors (Lipinski definition) is 1. The van der Waals surface area contributed by atoms with Gasteiger partial charge in [-0.2, -0.15) is 0 Å². The highest BCUT2D eigenvalue weighted by atomic mass is 19.1. The third kappa shape index (κ3) is 5.04. The molecule has 5 heteroatoms. The lowest BCUT2D eigenvalue weighted by atomic mass is 10.2. The highest BCUT2D eigenvalue weighted by Crippen LogP contribution is 2.17. The van der Waals surface area contributed by atoms with E-state index >= 15 is 0 Å². The molecule has 21 heavy (non-hydrogen) atoms. The quantitative estimate of drug-likeness (QED) is 0.791. The first-order valence-electron chi connectivity index (χ1n) is 6.58. The monoisotopic (exact) mass is 293 g/mol. The Bertz CT molecular complexity index is 553. The first-order valence-corrected chi connectivity index (χ1v) is 6.58. The molecule has 0 heterocycles. The van der Waals surface area contributed by atoms with E-state index in [0.29, 0.717) is 25.3 Å². The summed E-state index contributed by atoms with van der Waals surface area (Å²) in [6.07, 6.45) is 0. The van der Waals surface area contributed by atoms with Gasteiger partial charge < -0.3 is 14.8 Å². The summed E-state index contributed by atoms with van der Waals surface area (Å²) in [5.41, 5.74) is 1.40. The summed E-state index contributed by atoms with van der Waals surface area (Å²) in [4.78, 5) is 0. The van der Waals surface area contributed by atoms with Gasteiger partial charge in [-0.25, -0.2) is 8.78 Å². The molecule has 0 radical (unpaired) electrons. The van der Waals surface area contributed by atoms with Crippen LogP contribution in [0.3, 0.4) is 0 Å². The normalized spacial score (nSPS) is 10.4. The first kappa shape index (κ1) is 15.3. The summed E-state index contributed by atoms with van der Waals surface area (Å²) in [6.45, 7) is 1.37. The maximum absolute atomic E-state index is 13.1. The van der Waals surface area contributed by atoms with Crippen LogP contribution in [0, 0.1) is 11.6 Å². The van der Waals surface area contributed by atoms with Crippen molar-refractivity contribution < 1.29 is 18.3 Å². The minimum atomic E-state index is -0.575. The van der Waals surface area contributed by atoms with Crippen molar-refractivity contribution in [3.05, 3.63) is 59.7 Å². The van der Waals surface area contributed by atoms with Gasteiger partial charge in [0.15, 0.2) is 0 Å². The van der Waals surface area contributed by atoms with Crippen LogP contribution in [0.1, 0.15) is 5.56 Å². The van der Waals surface area contributed by atoms with Gasteiger partial charge in [-0.3, -0.25) is 0 Å². The predicted molar refractivity (Wildman–Crippen MR) is 77.5 cm³/mol. The molecule has 0 saturated carbocycles. The first-order chi connectivity index (χ1) is 10.2. The molecule has 1 N–H and O–H groups in total. The average molecular weight is 293 g/mol. The van der Waals surface area contributed by atoms with Crippen LogP contribution in [0.4, 0.5) is 14.5 Å². The second-order valence-electron chi connectivity index (χ2n) is 4.50. The topological polar surface area (TPSA) is 30.5 Å². The molecule has 0 bridgehead atoms. The van der Waals surface area contributed by atoms with Gasteiger partial charge >= 0.3 is 0 Å². The van der Waals surface area contributed by atoms with Crippen molar-refractivity contribution >= 4 is 5.69 Å². The van der Waals surface area contributed by atoms with E-state index in [1.54, 1.807) is 7.11 Å². The van der Waals surface area contributed by atoms with Crippen molar-refractivity contribution in [2.45, 2.75) is 6.54 Å². The van der Waals surface area contributed by atoms with Crippen molar-refractivity contribution in [2.75, 3.05) is 25.6 Å². The molecule has 0 amide bonds. The van der Waals surface area contributed by atoms with Crippen LogP contribution in [0.2, 0.25) is 0 Å². The number of nitrogens with one attached hydrogen (secondary N) is 1. The summed E-state index contributed by atoms with van der Waals surface area (Å²) in [6, 6.07) is 10.8. The predicted octanol–water partition coefficient (Wildman–Crippen LogP) is 3.60. The Balaban J connectivity index is 1.88. The van der Waals surface area contributed by atoms with Crippen LogP contribution >= 0.6 is 0 Å². The maximum atomic E-state index is 13.1. The van der Waals surface area contributed by atoms with Gasteiger partial charge in [0.25, 0.3) is 0 Å². The highest BCUT2D eigenvalue weighted by Gasteiger charge is 2.01. The van der Waals surface area contributed by atoms with Crippen molar-refractivity contribution in [1.29, 1.82) is 0 Å². The molecule has 0 aliphatic heterocycles. The summed E-state index contributed by atoms with van der Waals surface area (Å²) in [7, 11) is 1.62. The Kier molecular flexibility index (Phi) is 5.51. The molecule has 112 valence electrons. The lowest BCUT2D eigenvalue weighted by Crippen LogP contribution is -2.04. The molecule has 0 aliphatic rings. The maximum Gasteiger partial charge on any atom is 0.126 e. The largest absolute Gasteiger partial charge is 0.491 e. The molecule has 0 atom stereocenters. The Labute approximate surface area is 122 Å². The van der Waals surface area contributed by atoms with Gasteiger partial charge in [0, 0.05) is 25.4 Å². The Morgan fingerprint density at radius 3 is 2.24 bits per heavy atom. The van der Waals surface area contributed by atoms with Crippen LogP contribution in [0.15, 0.2) is 42.5 Å². The van der Waals surface area contributed by atoms with Gasteiger partial charge in [0.1, 0.15) is 24.0 Å². The number of hydrogen-bond acceptors (Lipinski definition) is 3. The average Bonchev–Trinajstić information content (AvgIpc) is 2.46. The van der Waals surface area contributed by atoms with E-state index in [4.69, 9.17) is 9.47 Å². The lowest BCUT2D eigenvalue weighted by Gasteiger charge is -2.09. The standard InChI is InChI=1S/C16H17F2NO2/c1-20-6-7-21-16-4-2-15(3-5-16)19-11-12-8-13(17)10-14(18)9-12/h2-5,8-10,19H,6-7,11H2,1H3. The van der Waals surface area contributed by atoms with Gasteiger partial charge in [0.2, 0.25) is 0 Å². The zero-order valence-electron chi connectivity index (χ0n) is 11.7. The molecule has 0 aliphatic carbocycles. The van der Waals surface area contributed by atoms with Crippen LogP contribution in [-0.4, -0.2) is 20.3 Å². The molecule has 0 spiro atoms. The summed E-state index contributed by atoms with van der Waals surface area (Å²) in [5, 5.41) is 3.10. The third-order valence-electron chi connectivity index (χ3n) is 2.83. The molecule has 2 rings (SSSR count). The Morgan fingerprint density at radius 1 is 0.952 bits per heavy atom. The van der Waals surface area contributed by atoms with Crippen LogP contribution in [-0.2, 0) is 11.3 Å². The Morgan fingerprint density at radius 2 is 1.62 bits per heavy atom. The number of anilines is 1. The van der Waals surface area contributed by atoms with Crippen LogP contribution < -0.4 is 10.1 Å². The number of benzene rings is 2. The number of methoxy groups -OCH3 is 1. The van der Waals surface area contributed by atoms with Gasteiger partial charge in [0.05, 0.1) is 6.61 Å². The zero-order valence-corrected chi connectivity index (χ0v) is 11.7. The minimum Gasteiger partial charge on any atom is -0.491 e. The molecule has 2 aromatic rings.